The van der Waals surface area contributed by atoms with Crippen molar-refractivity contribution in [1.29, 1.82) is 0 Å². The van der Waals surface area contributed by atoms with Crippen molar-refractivity contribution in [3.05, 3.63) is 77.6 Å². The van der Waals surface area contributed by atoms with Gasteiger partial charge in [-0.25, -0.2) is 4.98 Å². The van der Waals surface area contributed by atoms with Crippen molar-refractivity contribution in [2.75, 3.05) is 6.54 Å². The second-order valence-electron chi connectivity index (χ2n) is 6.49. The van der Waals surface area contributed by atoms with Gasteiger partial charge in [-0.15, -0.1) is 6.58 Å². The van der Waals surface area contributed by atoms with E-state index in [1.54, 1.807) is 24.3 Å². The fraction of sp³-hybridized carbons (Fsp3) is 0.273. The van der Waals surface area contributed by atoms with Gasteiger partial charge in [-0.3, -0.25) is 4.79 Å². The number of halogens is 1. The molecule has 5 heteroatoms. The molecule has 27 heavy (non-hydrogen) atoms. The lowest BCUT2D eigenvalue weighted by Gasteiger charge is -2.07. The number of carbonyl (C=O) groups is 1. The Balaban J connectivity index is 1.44. The Bertz CT molecular complexity index is 915. The van der Waals surface area contributed by atoms with E-state index in [1.165, 1.54) is 0 Å². The number of fused-ring (bicyclic) bond motifs is 1. The maximum absolute atomic E-state index is 12.0. The molecule has 140 valence electrons. The highest BCUT2D eigenvalue weighted by atomic mass is 35.5. The van der Waals surface area contributed by atoms with Crippen molar-refractivity contribution in [3.63, 3.8) is 0 Å². The van der Waals surface area contributed by atoms with E-state index in [9.17, 15) is 4.79 Å². The Morgan fingerprint density at radius 2 is 1.89 bits per heavy atom. The van der Waals surface area contributed by atoms with Crippen LogP contribution in [0.15, 0.2) is 61.2 Å². The number of nitrogens with zero attached hydrogens (tertiary/aromatic N) is 2. The fourth-order valence-corrected chi connectivity index (χ4v) is 3.27. The predicted octanol–water partition coefficient (Wildman–Crippen LogP) is 5.02. The minimum atomic E-state index is -0.0561. The van der Waals surface area contributed by atoms with Crippen LogP contribution in [0.4, 0.5) is 0 Å². The van der Waals surface area contributed by atoms with Gasteiger partial charge in [0.1, 0.15) is 5.82 Å². The van der Waals surface area contributed by atoms with Crippen molar-refractivity contribution in [2.45, 2.75) is 32.2 Å². The molecule has 0 aliphatic rings. The largest absolute Gasteiger partial charge is 0.352 e. The lowest BCUT2D eigenvalue weighted by molar-refractivity contribution is 0.0953. The number of hydrogen-bond acceptors (Lipinski definition) is 2. The number of nitrogens with one attached hydrogen (secondary N) is 1. The molecule has 0 bridgehead atoms. The molecule has 0 saturated carbocycles. The van der Waals surface area contributed by atoms with Gasteiger partial charge in [0.15, 0.2) is 0 Å². The van der Waals surface area contributed by atoms with Crippen molar-refractivity contribution in [2.24, 2.45) is 0 Å². The minimum absolute atomic E-state index is 0.0561. The van der Waals surface area contributed by atoms with E-state index in [4.69, 9.17) is 16.6 Å². The third-order valence-corrected chi connectivity index (χ3v) is 4.77. The van der Waals surface area contributed by atoms with E-state index in [2.05, 4.69) is 22.5 Å². The lowest BCUT2D eigenvalue weighted by atomic mass is 10.1. The summed E-state index contributed by atoms with van der Waals surface area (Å²) in [6.07, 6.45) is 5.86. The fourth-order valence-electron chi connectivity index (χ4n) is 3.14. The molecule has 0 saturated heterocycles. The van der Waals surface area contributed by atoms with Crippen molar-refractivity contribution >= 4 is 28.5 Å². The van der Waals surface area contributed by atoms with Gasteiger partial charge < -0.3 is 9.88 Å². The first-order valence-electron chi connectivity index (χ1n) is 9.28. The van der Waals surface area contributed by atoms with Gasteiger partial charge in [-0.2, -0.15) is 0 Å². The first-order valence-corrected chi connectivity index (χ1v) is 9.65. The van der Waals surface area contributed by atoms with E-state index in [0.29, 0.717) is 17.1 Å². The number of imidazole rings is 1. The van der Waals surface area contributed by atoms with Gasteiger partial charge in [0.05, 0.1) is 11.0 Å². The second kappa shape index (κ2) is 9.38. The number of aromatic nitrogens is 2. The maximum atomic E-state index is 12.0. The van der Waals surface area contributed by atoms with Crippen molar-refractivity contribution in [1.82, 2.24) is 14.9 Å². The quantitative estimate of drug-likeness (QED) is 0.418. The summed E-state index contributed by atoms with van der Waals surface area (Å²) in [5.74, 6) is 1.04. The molecule has 0 aliphatic heterocycles. The van der Waals surface area contributed by atoms with Gasteiger partial charge in [-0.1, -0.05) is 36.2 Å². The molecule has 3 rings (SSSR count). The van der Waals surface area contributed by atoms with Gasteiger partial charge in [0.25, 0.3) is 5.91 Å². The molecular formula is C22H24ClN3O. The van der Waals surface area contributed by atoms with Crippen molar-refractivity contribution in [3.8, 4) is 0 Å². The van der Waals surface area contributed by atoms with Crippen LogP contribution in [-0.4, -0.2) is 22.0 Å². The highest BCUT2D eigenvalue weighted by Gasteiger charge is 2.09. The Labute approximate surface area is 164 Å². The second-order valence-corrected chi connectivity index (χ2v) is 6.93. The van der Waals surface area contributed by atoms with E-state index in [-0.39, 0.29) is 5.91 Å². The maximum Gasteiger partial charge on any atom is 0.251 e. The Morgan fingerprint density at radius 1 is 1.11 bits per heavy atom. The van der Waals surface area contributed by atoms with Crippen molar-refractivity contribution < 1.29 is 4.79 Å². The summed E-state index contributed by atoms with van der Waals surface area (Å²) >= 11 is 5.84. The van der Waals surface area contributed by atoms with E-state index >= 15 is 0 Å². The summed E-state index contributed by atoms with van der Waals surface area (Å²) < 4.78 is 2.23. The number of hydrogen-bond donors (Lipinski definition) is 1. The van der Waals surface area contributed by atoms with E-state index in [1.807, 2.05) is 24.3 Å². The van der Waals surface area contributed by atoms with Gasteiger partial charge >= 0.3 is 0 Å². The van der Waals surface area contributed by atoms with Crippen LogP contribution >= 0.6 is 11.6 Å². The predicted molar refractivity (Wildman–Crippen MR) is 111 cm³/mol. The Morgan fingerprint density at radius 3 is 2.67 bits per heavy atom. The average Bonchev–Trinajstić information content (AvgIpc) is 3.03. The average molecular weight is 382 g/mol. The van der Waals surface area contributed by atoms with E-state index < -0.39 is 0 Å². The molecule has 0 fully saturated rings. The molecule has 1 aromatic heterocycles. The van der Waals surface area contributed by atoms with Crippen LogP contribution in [-0.2, 0) is 13.0 Å². The summed E-state index contributed by atoms with van der Waals surface area (Å²) in [6, 6.07) is 15.1. The third kappa shape index (κ3) is 4.98. The number of rotatable bonds is 9. The van der Waals surface area contributed by atoms with Gasteiger partial charge in [0.2, 0.25) is 0 Å². The molecule has 1 amide bonds. The summed E-state index contributed by atoms with van der Waals surface area (Å²) in [4.78, 5) is 16.8. The molecule has 0 unspecified atom stereocenters. The van der Waals surface area contributed by atoms with Crippen LogP contribution in [0, 0.1) is 0 Å². The molecule has 0 atom stereocenters. The first-order chi connectivity index (χ1) is 13.2. The number of aryl methyl sites for hydroxylation is 1. The molecular weight excluding hydrogens is 358 g/mol. The molecule has 4 nitrogen and oxygen atoms in total. The number of unbranched alkanes of at least 4 members (excludes halogenated alkanes) is 2. The zero-order valence-corrected chi connectivity index (χ0v) is 16.1. The summed E-state index contributed by atoms with van der Waals surface area (Å²) in [7, 11) is 0. The van der Waals surface area contributed by atoms with Crippen LogP contribution in [0.2, 0.25) is 5.02 Å². The smallest absolute Gasteiger partial charge is 0.251 e. The molecule has 1 heterocycles. The highest BCUT2D eigenvalue weighted by molar-refractivity contribution is 6.30. The highest BCUT2D eigenvalue weighted by Crippen LogP contribution is 2.18. The summed E-state index contributed by atoms with van der Waals surface area (Å²) in [5, 5.41) is 3.59. The molecule has 0 radical (unpaired) electrons. The van der Waals surface area contributed by atoms with Gasteiger partial charge in [0, 0.05) is 30.1 Å². The number of allylic oxidation sites excluding steroid dienone is 1. The molecule has 3 aromatic rings. The molecule has 2 aromatic carbocycles. The lowest BCUT2D eigenvalue weighted by Crippen LogP contribution is -2.24. The van der Waals surface area contributed by atoms with Crippen LogP contribution in [0.1, 0.15) is 35.4 Å². The number of carbonyl (C=O) groups excluding carboxylic acids is 1. The molecule has 0 aliphatic carbocycles. The van der Waals surface area contributed by atoms with Crippen LogP contribution < -0.4 is 5.32 Å². The SMILES string of the molecule is C=CCn1c(CCCCCNC(=O)c2ccc(Cl)cc2)nc2ccccc21. The van der Waals surface area contributed by atoms with Crippen LogP contribution in [0.25, 0.3) is 11.0 Å². The Kier molecular flexibility index (Phi) is 6.66. The minimum Gasteiger partial charge on any atom is -0.352 e. The third-order valence-electron chi connectivity index (χ3n) is 4.51. The van der Waals surface area contributed by atoms with Gasteiger partial charge in [-0.05, 0) is 49.2 Å². The number of benzene rings is 2. The zero-order valence-electron chi connectivity index (χ0n) is 15.3. The Hall–Kier alpha value is -2.59. The number of para-hydroxylation sites is 2. The summed E-state index contributed by atoms with van der Waals surface area (Å²) in [6.45, 7) is 5.30. The monoisotopic (exact) mass is 381 g/mol. The zero-order chi connectivity index (χ0) is 19.1. The van der Waals surface area contributed by atoms with E-state index in [0.717, 1.165) is 49.1 Å². The van der Waals surface area contributed by atoms with Crippen LogP contribution in [0.5, 0.6) is 0 Å². The topological polar surface area (TPSA) is 46.9 Å². The normalized spacial score (nSPS) is 10.9. The molecule has 0 spiro atoms. The molecule has 1 N–H and O–H groups in total. The first kappa shape index (κ1) is 19.2. The standard InChI is InChI=1S/C22H24ClN3O/c1-2-16-26-20-9-6-5-8-19(20)25-21(26)10-4-3-7-15-24-22(27)17-11-13-18(23)14-12-17/h2,5-6,8-9,11-14H,1,3-4,7,10,15-16H2,(H,24,27). The number of amides is 1. The summed E-state index contributed by atoms with van der Waals surface area (Å²) in [5.41, 5.74) is 2.82. The van der Waals surface area contributed by atoms with Crippen LogP contribution in [0.3, 0.4) is 0 Å².